The lowest BCUT2D eigenvalue weighted by Crippen LogP contribution is -2.47. The molecule has 1 aliphatic heterocycles. The molecule has 0 bridgehead atoms. The number of urea groups is 1. The minimum atomic E-state index is -0.867. The Balaban J connectivity index is 2.59. The van der Waals surface area contributed by atoms with Crippen LogP contribution in [0.15, 0.2) is 0 Å². The molecule has 5 heteroatoms. The van der Waals surface area contributed by atoms with Gasteiger partial charge in [0.15, 0.2) is 0 Å². The lowest BCUT2D eigenvalue weighted by atomic mass is 9.87. The highest BCUT2D eigenvalue weighted by molar-refractivity contribution is 5.76. The summed E-state index contributed by atoms with van der Waals surface area (Å²) in [5.41, 5.74) is -0.0132. The van der Waals surface area contributed by atoms with E-state index in [4.69, 9.17) is 5.11 Å². The zero-order valence-electron chi connectivity index (χ0n) is 13.8. The molecule has 0 aromatic heterocycles. The van der Waals surface area contributed by atoms with E-state index >= 15 is 0 Å². The Morgan fingerprint density at radius 3 is 2.52 bits per heavy atom. The predicted octanol–water partition coefficient (Wildman–Crippen LogP) is 3.10. The molecule has 0 saturated carbocycles. The molecule has 0 radical (unpaired) electrons. The van der Waals surface area contributed by atoms with Gasteiger partial charge in [-0.15, -0.1) is 0 Å². The first-order chi connectivity index (χ1) is 9.67. The number of nitrogens with one attached hydrogen (secondary N) is 1. The summed E-state index contributed by atoms with van der Waals surface area (Å²) in [5, 5.41) is 11.9. The second-order valence-electron chi connectivity index (χ2n) is 7.53. The molecule has 1 heterocycles. The second kappa shape index (κ2) is 7.66. The van der Waals surface area contributed by atoms with E-state index in [0.717, 1.165) is 32.4 Å². The maximum Gasteiger partial charge on any atom is 0.317 e. The minimum Gasteiger partial charge on any atom is -0.481 e. The molecule has 2 amide bonds. The summed E-state index contributed by atoms with van der Waals surface area (Å²) >= 11 is 0. The zero-order valence-corrected chi connectivity index (χ0v) is 13.8. The van der Waals surface area contributed by atoms with Gasteiger partial charge in [0.2, 0.25) is 0 Å². The Bertz CT molecular complexity index is 363. The van der Waals surface area contributed by atoms with Crippen LogP contribution in [0.3, 0.4) is 0 Å². The lowest BCUT2D eigenvalue weighted by molar-refractivity contribution is -0.137. The van der Waals surface area contributed by atoms with Crippen molar-refractivity contribution in [2.24, 2.45) is 11.3 Å². The Morgan fingerprint density at radius 2 is 1.95 bits per heavy atom. The third-order valence-corrected chi connectivity index (χ3v) is 3.91. The first-order valence-corrected chi connectivity index (χ1v) is 7.94. The summed E-state index contributed by atoms with van der Waals surface area (Å²) in [4.78, 5) is 25.2. The van der Waals surface area contributed by atoms with Gasteiger partial charge in [0.1, 0.15) is 0 Å². The number of nitrogens with zero attached hydrogens (tertiary/aromatic N) is 1. The number of carbonyl (C=O) groups is 2. The summed E-state index contributed by atoms with van der Waals surface area (Å²) in [6.07, 6.45) is 3.85. The van der Waals surface area contributed by atoms with Gasteiger partial charge in [0, 0.05) is 19.1 Å². The molecule has 21 heavy (non-hydrogen) atoms. The molecule has 1 saturated heterocycles. The van der Waals surface area contributed by atoms with Crippen molar-refractivity contribution in [2.75, 3.05) is 13.1 Å². The molecule has 2 unspecified atom stereocenters. The van der Waals surface area contributed by atoms with E-state index in [2.05, 4.69) is 33.0 Å². The Labute approximate surface area is 128 Å². The molecule has 0 aromatic rings. The van der Waals surface area contributed by atoms with Gasteiger partial charge in [-0.1, -0.05) is 27.7 Å². The van der Waals surface area contributed by atoms with Crippen molar-refractivity contribution in [2.45, 2.75) is 65.8 Å². The molecule has 0 aromatic carbocycles. The van der Waals surface area contributed by atoms with Gasteiger partial charge < -0.3 is 15.3 Å². The van der Waals surface area contributed by atoms with Gasteiger partial charge in [0.05, 0.1) is 6.42 Å². The third kappa shape index (κ3) is 7.34. The largest absolute Gasteiger partial charge is 0.481 e. The van der Waals surface area contributed by atoms with Gasteiger partial charge in [-0.3, -0.25) is 4.79 Å². The fourth-order valence-electron chi connectivity index (χ4n) is 2.86. The SMILES string of the molecule is CC1CCCN(C(=O)NC(CC(=O)O)CC(C)(C)C)CC1. The number of hydrogen-bond acceptors (Lipinski definition) is 2. The molecule has 1 aliphatic rings. The summed E-state index contributed by atoms with van der Waals surface area (Å²) < 4.78 is 0. The lowest BCUT2D eigenvalue weighted by Gasteiger charge is -2.29. The maximum atomic E-state index is 12.4. The van der Waals surface area contributed by atoms with Crippen LogP contribution in [0.5, 0.6) is 0 Å². The highest BCUT2D eigenvalue weighted by atomic mass is 16.4. The Hall–Kier alpha value is -1.26. The van der Waals surface area contributed by atoms with Crippen LogP contribution in [0.4, 0.5) is 4.79 Å². The number of carboxylic acids is 1. The third-order valence-electron chi connectivity index (χ3n) is 3.91. The first kappa shape index (κ1) is 17.8. The van der Waals surface area contributed by atoms with E-state index in [1.807, 2.05) is 4.90 Å². The fourth-order valence-corrected chi connectivity index (χ4v) is 2.86. The van der Waals surface area contributed by atoms with E-state index in [0.29, 0.717) is 12.3 Å². The molecular weight excluding hydrogens is 268 g/mol. The molecule has 1 fully saturated rings. The highest BCUT2D eigenvalue weighted by Gasteiger charge is 2.25. The van der Waals surface area contributed by atoms with Crippen LogP contribution in [0.25, 0.3) is 0 Å². The smallest absolute Gasteiger partial charge is 0.317 e. The molecule has 5 nitrogen and oxygen atoms in total. The number of carbonyl (C=O) groups excluding carboxylic acids is 1. The Morgan fingerprint density at radius 1 is 1.29 bits per heavy atom. The maximum absolute atomic E-state index is 12.4. The fraction of sp³-hybridized carbons (Fsp3) is 0.875. The Kier molecular flexibility index (Phi) is 6.49. The topological polar surface area (TPSA) is 69.6 Å². The molecule has 2 atom stereocenters. The average Bonchev–Trinajstić information content (AvgIpc) is 2.50. The monoisotopic (exact) mass is 298 g/mol. The summed E-state index contributed by atoms with van der Waals surface area (Å²) in [7, 11) is 0. The van der Waals surface area contributed by atoms with Gasteiger partial charge in [-0.2, -0.15) is 0 Å². The van der Waals surface area contributed by atoms with Crippen molar-refractivity contribution in [3.63, 3.8) is 0 Å². The van der Waals surface area contributed by atoms with Gasteiger partial charge in [0.25, 0.3) is 0 Å². The summed E-state index contributed by atoms with van der Waals surface area (Å²) in [6, 6.07) is -0.421. The number of likely N-dealkylation sites (tertiary alicyclic amines) is 1. The molecule has 1 rings (SSSR count). The van der Waals surface area contributed by atoms with Crippen molar-refractivity contribution >= 4 is 12.0 Å². The van der Waals surface area contributed by atoms with Crippen LogP contribution >= 0.6 is 0 Å². The molecule has 122 valence electrons. The van der Waals surface area contributed by atoms with Gasteiger partial charge in [-0.05, 0) is 37.0 Å². The van der Waals surface area contributed by atoms with Crippen LogP contribution in [-0.4, -0.2) is 41.1 Å². The molecule has 0 spiro atoms. The van der Waals surface area contributed by atoms with Crippen LogP contribution < -0.4 is 5.32 Å². The van der Waals surface area contributed by atoms with Crippen molar-refractivity contribution in [1.29, 1.82) is 0 Å². The summed E-state index contributed by atoms with van der Waals surface area (Å²) in [5.74, 6) is -0.207. The first-order valence-electron chi connectivity index (χ1n) is 7.94. The average molecular weight is 298 g/mol. The van der Waals surface area contributed by atoms with Crippen molar-refractivity contribution in [1.82, 2.24) is 10.2 Å². The van der Waals surface area contributed by atoms with E-state index in [-0.39, 0.29) is 23.9 Å². The van der Waals surface area contributed by atoms with E-state index < -0.39 is 5.97 Å². The standard InChI is InChI=1S/C16H30N2O3/c1-12-6-5-8-18(9-7-12)15(21)17-13(10-14(19)20)11-16(2,3)4/h12-13H,5-11H2,1-4H3,(H,17,21)(H,19,20). The summed E-state index contributed by atoms with van der Waals surface area (Å²) in [6.45, 7) is 9.92. The second-order valence-corrected chi connectivity index (χ2v) is 7.53. The zero-order chi connectivity index (χ0) is 16.0. The van der Waals surface area contributed by atoms with Crippen LogP contribution in [-0.2, 0) is 4.79 Å². The number of carboxylic acid groups (broad SMARTS) is 1. The normalized spacial score (nSPS) is 21.5. The van der Waals surface area contributed by atoms with Gasteiger partial charge in [-0.25, -0.2) is 4.79 Å². The van der Waals surface area contributed by atoms with E-state index in [1.54, 1.807) is 0 Å². The van der Waals surface area contributed by atoms with Crippen LogP contribution in [0.1, 0.15) is 59.8 Å². The van der Waals surface area contributed by atoms with E-state index in [9.17, 15) is 9.59 Å². The number of hydrogen-bond donors (Lipinski definition) is 2. The van der Waals surface area contributed by atoms with Gasteiger partial charge >= 0.3 is 12.0 Å². The molecule has 0 aliphatic carbocycles. The number of amides is 2. The van der Waals surface area contributed by atoms with Crippen molar-refractivity contribution < 1.29 is 14.7 Å². The highest BCUT2D eigenvalue weighted by Crippen LogP contribution is 2.23. The quantitative estimate of drug-likeness (QED) is 0.838. The number of rotatable bonds is 4. The van der Waals surface area contributed by atoms with Crippen molar-refractivity contribution in [3.05, 3.63) is 0 Å². The number of aliphatic carboxylic acids is 1. The molecular formula is C16H30N2O3. The minimum absolute atomic E-state index is 0.0132. The van der Waals surface area contributed by atoms with Crippen molar-refractivity contribution in [3.8, 4) is 0 Å². The van der Waals surface area contributed by atoms with Crippen LogP contribution in [0.2, 0.25) is 0 Å². The van der Waals surface area contributed by atoms with E-state index in [1.165, 1.54) is 0 Å². The molecule has 2 N–H and O–H groups in total. The van der Waals surface area contributed by atoms with Crippen LogP contribution in [0, 0.1) is 11.3 Å². The predicted molar refractivity (Wildman–Crippen MR) is 83.2 cm³/mol.